The molecule has 0 fully saturated rings. The predicted octanol–water partition coefficient (Wildman–Crippen LogP) is 4.87. The van der Waals surface area contributed by atoms with Crippen LogP contribution in [0.1, 0.15) is 48.9 Å². The first-order valence-electron chi connectivity index (χ1n) is 10.7. The van der Waals surface area contributed by atoms with E-state index in [4.69, 9.17) is 0 Å². The van der Waals surface area contributed by atoms with Crippen LogP contribution in [0.5, 0.6) is 0 Å². The van der Waals surface area contributed by atoms with E-state index in [0.717, 1.165) is 29.7 Å². The fourth-order valence-corrected chi connectivity index (χ4v) is 4.09. The minimum absolute atomic E-state index is 0.00551. The quantitative estimate of drug-likeness (QED) is 0.522. The van der Waals surface area contributed by atoms with Crippen molar-refractivity contribution in [1.29, 1.82) is 0 Å². The van der Waals surface area contributed by atoms with E-state index in [2.05, 4.69) is 37.4 Å². The average Bonchev–Trinajstić information content (AvgIpc) is 2.72. The lowest BCUT2D eigenvalue weighted by molar-refractivity contribution is -0.138. The predicted molar refractivity (Wildman–Crippen MR) is 126 cm³/mol. The highest BCUT2D eigenvalue weighted by Gasteiger charge is 2.26. The van der Waals surface area contributed by atoms with Gasteiger partial charge in [-0.1, -0.05) is 67.4 Å². The maximum atomic E-state index is 13.1. The van der Waals surface area contributed by atoms with Crippen LogP contribution in [-0.4, -0.2) is 35.1 Å². The van der Waals surface area contributed by atoms with Crippen molar-refractivity contribution in [3.8, 4) is 0 Å². The van der Waals surface area contributed by atoms with Crippen LogP contribution in [0.2, 0.25) is 0 Å². The van der Waals surface area contributed by atoms with Gasteiger partial charge in [-0.3, -0.25) is 9.59 Å². The van der Waals surface area contributed by atoms with E-state index in [9.17, 15) is 9.59 Å². The summed E-state index contributed by atoms with van der Waals surface area (Å²) in [5.41, 5.74) is 4.63. The van der Waals surface area contributed by atoms with Gasteiger partial charge >= 0.3 is 0 Å². The van der Waals surface area contributed by atoms with Crippen LogP contribution in [0.3, 0.4) is 0 Å². The monoisotopic (exact) mass is 426 g/mol. The number of nitrogens with one attached hydrogen (secondary N) is 1. The molecule has 0 bridgehead atoms. The molecule has 5 heteroatoms. The van der Waals surface area contributed by atoms with Crippen molar-refractivity contribution in [2.45, 2.75) is 58.9 Å². The van der Waals surface area contributed by atoms with E-state index < -0.39 is 6.04 Å². The fourth-order valence-electron chi connectivity index (χ4n) is 3.23. The van der Waals surface area contributed by atoms with Gasteiger partial charge in [-0.25, -0.2) is 0 Å². The molecule has 0 saturated heterocycles. The summed E-state index contributed by atoms with van der Waals surface area (Å²) in [5.74, 6) is 1.04. The summed E-state index contributed by atoms with van der Waals surface area (Å²) in [7, 11) is 0. The van der Waals surface area contributed by atoms with Gasteiger partial charge in [-0.15, -0.1) is 11.8 Å². The van der Waals surface area contributed by atoms with Crippen LogP contribution in [-0.2, 0) is 21.9 Å². The molecule has 0 aliphatic carbocycles. The van der Waals surface area contributed by atoms with Gasteiger partial charge in [0, 0.05) is 18.8 Å². The number of unbranched alkanes of at least 4 members (excludes halogenated alkanes) is 1. The third-order valence-corrected chi connectivity index (χ3v) is 6.16. The summed E-state index contributed by atoms with van der Waals surface area (Å²) in [4.78, 5) is 27.5. The molecule has 1 atom stereocenters. The van der Waals surface area contributed by atoms with Crippen molar-refractivity contribution in [2.24, 2.45) is 0 Å². The van der Waals surface area contributed by atoms with E-state index in [1.165, 1.54) is 11.1 Å². The highest BCUT2D eigenvalue weighted by molar-refractivity contribution is 7.99. The molecule has 2 rings (SSSR count). The molecular weight excluding hydrogens is 392 g/mol. The Labute approximate surface area is 185 Å². The molecule has 0 aliphatic rings. The van der Waals surface area contributed by atoms with Gasteiger partial charge in [-0.2, -0.15) is 0 Å². The highest BCUT2D eigenvalue weighted by Crippen LogP contribution is 2.18. The van der Waals surface area contributed by atoms with Gasteiger partial charge in [0.1, 0.15) is 6.04 Å². The molecule has 0 heterocycles. The Morgan fingerprint density at radius 1 is 1.10 bits per heavy atom. The molecule has 0 spiro atoms. The zero-order chi connectivity index (χ0) is 21.9. The normalized spacial score (nSPS) is 11.7. The molecule has 0 radical (unpaired) electrons. The fraction of sp³-hybridized carbons (Fsp3) is 0.440. The second-order valence-electron chi connectivity index (χ2n) is 7.75. The number of thioether (sulfide) groups is 1. The SMILES string of the molecule is CCCCNC(=O)[C@@H](C)N(Cc1ccccc1C)C(=O)CSCc1cccc(C)c1. The van der Waals surface area contributed by atoms with E-state index in [1.807, 2.05) is 44.2 Å². The number of carbonyl (C=O) groups is 2. The second kappa shape index (κ2) is 12.4. The first-order chi connectivity index (χ1) is 14.4. The van der Waals surface area contributed by atoms with Crippen molar-refractivity contribution in [2.75, 3.05) is 12.3 Å². The van der Waals surface area contributed by atoms with Crippen molar-refractivity contribution < 1.29 is 9.59 Å². The van der Waals surface area contributed by atoms with Crippen molar-refractivity contribution in [3.05, 3.63) is 70.8 Å². The van der Waals surface area contributed by atoms with Crippen molar-refractivity contribution in [1.82, 2.24) is 10.2 Å². The Morgan fingerprint density at radius 3 is 2.57 bits per heavy atom. The number of amides is 2. The molecule has 1 N–H and O–H groups in total. The maximum absolute atomic E-state index is 13.1. The van der Waals surface area contributed by atoms with Gasteiger partial charge in [0.2, 0.25) is 11.8 Å². The van der Waals surface area contributed by atoms with Gasteiger partial charge in [-0.05, 0) is 43.9 Å². The number of carbonyl (C=O) groups excluding carboxylic acids is 2. The minimum Gasteiger partial charge on any atom is -0.354 e. The molecule has 0 unspecified atom stereocenters. The molecule has 2 aromatic rings. The molecule has 162 valence electrons. The smallest absolute Gasteiger partial charge is 0.242 e. The van der Waals surface area contributed by atoms with Crippen LogP contribution >= 0.6 is 11.8 Å². The number of hydrogen-bond acceptors (Lipinski definition) is 3. The molecule has 2 aromatic carbocycles. The summed E-state index contributed by atoms with van der Waals surface area (Å²) in [6, 6.07) is 15.9. The molecule has 30 heavy (non-hydrogen) atoms. The van der Waals surface area contributed by atoms with Crippen LogP contribution in [0.4, 0.5) is 0 Å². The molecule has 0 saturated carbocycles. The van der Waals surface area contributed by atoms with E-state index in [0.29, 0.717) is 18.8 Å². The molecule has 0 aromatic heterocycles. The largest absolute Gasteiger partial charge is 0.354 e. The first kappa shape index (κ1) is 24.0. The summed E-state index contributed by atoms with van der Waals surface area (Å²) in [6.45, 7) is 9.11. The van der Waals surface area contributed by atoms with Crippen LogP contribution in [0.15, 0.2) is 48.5 Å². The summed E-state index contributed by atoms with van der Waals surface area (Å²) in [5, 5.41) is 2.97. The average molecular weight is 427 g/mol. The third kappa shape index (κ3) is 7.52. The minimum atomic E-state index is -0.506. The third-order valence-electron chi connectivity index (χ3n) is 5.18. The Morgan fingerprint density at radius 2 is 1.87 bits per heavy atom. The van der Waals surface area contributed by atoms with E-state index in [1.54, 1.807) is 16.7 Å². The van der Waals surface area contributed by atoms with Crippen LogP contribution < -0.4 is 5.32 Å². The van der Waals surface area contributed by atoms with Crippen molar-refractivity contribution in [3.63, 3.8) is 0 Å². The van der Waals surface area contributed by atoms with Crippen LogP contribution in [0, 0.1) is 13.8 Å². The lowest BCUT2D eigenvalue weighted by Crippen LogP contribution is -2.48. The summed E-state index contributed by atoms with van der Waals surface area (Å²) in [6.07, 6.45) is 1.96. The zero-order valence-electron chi connectivity index (χ0n) is 18.6. The number of benzene rings is 2. The van der Waals surface area contributed by atoms with Gasteiger partial charge in [0.25, 0.3) is 0 Å². The Bertz CT molecular complexity index is 837. The van der Waals surface area contributed by atoms with Crippen LogP contribution in [0.25, 0.3) is 0 Å². The highest BCUT2D eigenvalue weighted by atomic mass is 32.2. The van der Waals surface area contributed by atoms with E-state index >= 15 is 0 Å². The Kier molecular flexibility index (Phi) is 9.95. The summed E-state index contributed by atoms with van der Waals surface area (Å²) < 4.78 is 0. The second-order valence-corrected chi connectivity index (χ2v) is 8.74. The maximum Gasteiger partial charge on any atom is 0.242 e. The number of nitrogens with zero attached hydrogens (tertiary/aromatic N) is 1. The van der Waals surface area contributed by atoms with Gasteiger partial charge in [0.15, 0.2) is 0 Å². The first-order valence-corrected chi connectivity index (χ1v) is 11.8. The Hall–Kier alpha value is -2.27. The number of hydrogen-bond donors (Lipinski definition) is 1. The topological polar surface area (TPSA) is 49.4 Å². The Balaban J connectivity index is 2.05. The molecule has 0 aliphatic heterocycles. The lowest BCUT2D eigenvalue weighted by atomic mass is 10.1. The number of rotatable bonds is 11. The van der Waals surface area contributed by atoms with Gasteiger partial charge < -0.3 is 10.2 Å². The summed E-state index contributed by atoms with van der Waals surface area (Å²) >= 11 is 1.59. The molecule has 2 amide bonds. The molecule has 4 nitrogen and oxygen atoms in total. The van der Waals surface area contributed by atoms with Crippen molar-refractivity contribution >= 4 is 23.6 Å². The van der Waals surface area contributed by atoms with Gasteiger partial charge in [0.05, 0.1) is 5.75 Å². The van der Waals surface area contributed by atoms with E-state index in [-0.39, 0.29) is 11.8 Å². The zero-order valence-corrected chi connectivity index (χ0v) is 19.4. The standard InChI is InChI=1S/C25H34N2O2S/c1-5-6-14-26-25(29)21(4)27(16-23-13-8-7-11-20(23)3)24(28)18-30-17-22-12-9-10-19(2)15-22/h7-13,15,21H,5-6,14,16-18H2,1-4H3,(H,26,29)/t21-/m1/s1. The molecular formula is C25H34N2O2S. The number of aryl methyl sites for hydroxylation is 2. The lowest BCUT2D eigenvalue weighted by Gasteiger charge is -2.29.